The summed E-state index contributed by atoms with van der Waals surface area (Å²) in [5.74, 6) is 0. The zero-order valence-electron chi connectivity index (χ0n) is 12.2. The molecular formula is C15H22N4O. The number of aliphatic hydroxyl groups excluding tert-OH is 1. The third-order valence-corrected chi connectivity index (χ3v) is 4.45. The van der Waals surface area contributed by atoms with Crippen LogP contribution in [0.15, 0.2) is 12.3 Å². The third kappa shape index (κ3) is 2.31. The van der Waals surface area contributed by atoms with E-state index in [1.165, 1.54) is 12.8 Å². The van der Waals surface area contributed by atoms with Gasteiger partial charge in [0.15, 0.2) is 5.65 Å². The predicted octanol–water partition coefficient (Wildman–Crippen LogP) is 1.67. The maximum Gasteiger partial charge on any atom is 0.157 e. The average Bonchev–Trinajstić information content (AvgIpc) is 3.03. The predicted molar refractivity (Wildman–Crippen MR) is 78.4 cm³/mol. The van der Waals surface area contributed by atoms with Gasteiger partial charge in [-0.1, -0.05) is 12.8 Å². The normalized spacial score (nSPS) is 17.9. The van der Waals surface area contributed by atoms with Crippen LogP contribution < -0.4 is 5.32 Å². The van der Waals surface area contributed by atoms with Crippen LogP contribution in [-0.2, 0) is 13.6 Å². The molecule has 5 heteroatoms. The highest BCUT2D eigenvalue weighted by molar-refractivity contribution is 5.78. The molecule has 2 aromatic rings. The Kier molecular flexibility index (Phi) is 3.48. The van der Waals surface area contributed by atoms with Gasteiger partial charge >= 0.3 is 0 Å². The zero-order valence-corrected chi connectivity index (χ0v) is 12.2. The van der Waals surface area contributed by atoms with Crippen molar-refractivity contribution in [2.75, 3.05) is 6.61 Å². The van der Waals surface area contributed by atoms with Crippen LogP contribution in [0.1, 0.15) is 36.9 Å². The fourth-order valence-electron chi connectivity index (χ4n) is 3.18. The zero-order chi connectivity index (χ0) is 14.2. The Hall–Kier alpha value is -1.46. The van der Waals surface area contributed by atoms with Gasteiger partial charge in [-0.15, -0.1) is 0 Å². The van der Waals surface area contributed by atoms with Crippen molar-refractivity contribution in [1.29, 1.82) is 0 Å². The summed E-state index contributed by atoms with van der Waals surface area (Å²) in [6.07, 6.45) is 6.42. The Labute approximate surface area is 119 Å². The standard InChI is InChI=1S/C15H22N4O/c1-11-13-7-12(8-16-14(13)19(2)18-11)9-17-15(10-20)5-3-4-6-15/h7-8,17,20H,3-6,9-10H2,1-2H3. The highest BCUT2D eigenvalue weighted by Gasteiger charge is 2.32. The summed E-state index contributed by atoms with van der Waals surface area (Å²) in [5.41, 5.74) is 2.99. The van der Waals surface area contributed by atoms with Gasteiger partial charge in [-0.05, 0) is 31.4 Å². The summed E-state index contributed by atoms with van der Waals surface area (Å²) in [6, 6.07) is 2.15. The molecule has 2 N–H and O–H groups in total. The van der Waals surface area contributed by atoms with Crippen molar-refractivity contribution in [2.24, 2.45) is 7.05 Å². The Balaban J connectivity index is 1.79. The van der Waals surface area contributed by atoms with E-state index in [9.17, 15) is 5.11 Å². The second-order valence-electron chi connectivity index (χ2n) is 5.92. The maximum absolute atomic E-state index is 9.62. The molecule has 0 unspecified atom stereocenters. The van der Waals surface area contributed by atoms with Gasteiger partial charge in [-0.2, -0.15) is 5.10 Å². The van der Waals surface area contributed by atoms with Gasteiger partial charge in [0.1, 0.15) is 0 Å². The summed E-state index contributed by atoms with van der Waals surface area (Å²) in [4.78, 5) is 4.49. The molecule has 0 aromatic carbocycles. The number of aromatic nitrogens is 3. The van der Waals surface area contributed by atoms with E-state index in [4.69, 9.17) is 0 Å². The minimum Gasteiger partial charge on any atom is -0.394 e. The second-order valence-corrected chi connectivity index (χ2v) is 5.92. The molecule has 0 radical (unpaired) electrons. The molecule has 2 heterocycles. The van der Waals surface area contributed by atoms with E-state index in [1.807, 2.05) is 24.9 Å². The lowest BCUT2D eigenvalue weighted by Crippen LogP contribution is -2.45. The smallest absolute Gasteiger partial charge is 0.157 e. The average molecular weight is 274 g/mol. The van der Waals surface area contributed by atoms with Gasteiger partial charge in [0.25, 0.3) is 0 Å². The highest BCUT2D eigenvalue weighted by Crippen LogP contribution is 2.29. The molecule has 0 aliphatic heterocycles. The van der Waals surface area contributed by atoms with E-state index in [2.05, 4.69) is 21.5 Å². The lowest BCUT2D eigenvalue weighted by molar-refractivity contribution is 0.163. The fourth-order valence-corrected chi connectivity index (χ4v) is 3.18. The maximum atomic E-state index is 9.62. The monoisotopic (exact) mass is 274 g/mol. The van der Waals surface area contributed by atoms with Crippen molar-refractivity contribution in [3.05, 3.63) is 23.5 Å². The summed E-state index contributed by atoms with van der Waals surface area (Å²) >= 11 is 0. The fraction of sp³-hybridized carbons (Fsp3) is 0.600. The number of hydrogen-bond donors (Lipinski definition) is 2. The van der Waals surface area contributed by atoms with Crippen LogP contribution in [0.2, 0.25) is 0 Å². The first kappa shape index (κ1) is 13.5. The quantitative estimate of drug-likeness (QED) is 0.890. The van der Waals surface area contributed by atoms with Gasteiger partial charge in [-0.25, -0.2) is 4.98 Å². The topological polar surface area (TPSA) is 63.0 Å². The lowest BCUT2D eigenvalue weighted by Gasteiger charge is -2.28. The van der Waals surface area contributed by atoms with Crippen molar-refractivity contribution in [3.8, 4) is 0 Å². The minimum absolute atomic E-state index is 0.0844. The van der Waals surface area contributed by atoms with Crippen LogP contribution in [0.25, 0.3) is 11.0 Å². The van der Waals surface area contributed by atoms with E-state index in [1.54, 1.807) is 0 Å². The number of pyridine rings is 1. The molecule has 0 saturated heterocycles. The van der Waals surface area contributed by atoms with Crippen LogP contribution in [0.5, 0.6) is 0 Å². The Morgan fingerprint density at radius 1 is 1.40 bits per heavy atom. The molecule has 0 bridgehead atoms. The summed E-state index contributed by atoms with van der Waals surface area (Å²) < 4.78 is 1.81. The molecule has 0 spiro atoms. The van der Waals surface area contributed by atoms with Gasteiger partial charge in [0.05, 0.1) is 12.3 Å². The van der Waals surface area contributed by atoms with Crippen LogP contribution in [0.3, 0.4) is 0 Å². The Morgan fingerprint density at radius 2 is 2.15 bits per heavy atom. The summed E-state index contributed by atoms with van der Waals surface area (Å²) in [7, 11) is 1.92. The molecule has 0 atom stereocenters. The highest BCUT2D eigenvalue weighted by atomic mass is 16.3. The first-order valence-electron chi connectivity index (χ1n) is 7.28. The summed E-state index contributed by atoms with van der Waals surface area (Å²) in [5, 5.41) is 18.7. The summed E-state index contributed by atoms with van der Waals surface area (Å²) in [6.45, 7) is 2.97. The minimum atomic E-state index is -0.0844. The first-order valence-corrected chi connectivity index (χ1v) is 7.28. The molecule has 1 saturated carbocycles. The van der Waals surface area contributed by atoms with Crippen molar-refractivity contribution in [1.82, 2.24) is 20.1 Å². The van der Waals surface area contributed by atoms with Crippen molar-refractivity contribution in [2.45, 2.75) is 44.7 Å². The van der Waals surface area contributed by atoms with Crippen LogP contribution in [0.4, 0.5) is 0 Å². The van der Waals surface area contributed by atoms with Crippen LogP contribution >= 0.6 is 0 Å². The van der Waals surface area contributed by atoms with Crippen molar-refractivity contribution < 1.29 is 5.11 Å². The Bertz CT molecular complexity index is 614. The molecule has 0 amide bonds. The lowest BCUT2D eigenvalue weighted by atomic mass is 9.98. The molecule has 1 aliphatic carbocycles. The number of aryl methyl sites for hydroxylation is 2. The SMILES string of the molecule is Cc1nn(C)c2ncc(CNC3(CO)CCCC3)cc12. The van der Waals surface area contributed by atoms with E-state index >= 15 is 0 Å². The first-order chi connectivity index (χ1) is 9.63. The Morgan fingerprint density at radius 3 is 2.85 bits per heavy atom. The molecule has 20 heavy (non-hydrogen) atoms. The number of fused-ring (bicyclic) bond motifs is 1. The van der Waals surface area contributed by atoms with E-state index in [0.29, 0.717) is 0 Å². The van der Waals surface area contributed by atoms with E-state index < -0.39 is 0 Å². The van der Waals surface area contributed by atoms with E-state index in [0.717, 1.165) is 41.7 Å². The molecule has 5 nitrogen and oxygen atoms in total. The van der Waals surface area contributed by atoms with Gasteiger partial charge < -0.3 is 10.4 Å². The van der Waals surface area contributed by atoms with Gasteiger partial charge in [0, 0.05) is 30.7 Å². The number of hydrogen-bond acceptors (Lipinski definition) is 4. The largest absolute Gasteiger partial charge is 0.394 e. The van der Waals surface area contributed by atoms with Crippen molar-refractivity contribution in [3.63, 3.8) is 0 Å². The number of aliphatic hydroxyl groups is 1. The van der Waals surface area contributed by atoms with Crippen LogP contribution in [0, 0.1) is 6.92 Å². The number of nitrogens with one attached hydrogen (secondary N) is 1. The number of nitrogens with zero attached hydrogens (tertiary/aromatic N) is 3. The number of rotatable bonds is 4. The van der Waals surface area contributed by atoms with Gasteiger partial charge in [-0.3, -0.25) is 4.68 Å². The van der Waals surface area contributed by atoms with Crippen molar-refractivity contribution >= 4 is 11.0 Å². The second kappa shape index (κ2) is 5.14. The molecule has 2 aromatic heterocycles. The molecule has 108 valence electrons. The van der Waals surface area contributed by atoms with Crippen LogP contribution in [-0.4, -0.2) is 32.0 Å². The molecule has 3 rings (SSSR count). The third-order valence-electron chi connectivity index (χ3n) is 4.45. The van der Waals surface area contributed by atoms with Gasteiger partial charge in [0.2, 0.25) is 0 Å². The molecule has 1 aliphatic rings. The molecule has 1 fully saturated rings. The van der Waals surface area contributed by atoms with E-state index in [-0.39, 0.29) is 12.1 Å². The molecular weight excluding hydrogens is 252 g/mol.